The molecule has 0 atom stereocenters. The highest BCUT2D eigenvalue weighted by Crippen LogP contribution is 2.31. The molecule has 3 nitrogen and oxygen atoms in total. The molecule has 3 rings (SSSR count). The Morgan fingerprint density at radius 1 is 1.23 bits per heavy atom. The number of nitrogens with zero attached hydrogens (tertiary/aromatic N) is 2. The van der Waals surface area contributed by atoms with Crippen molar-refractivity contribution >= 4 is 5.91 Å². The molecule has 0 unspecified atom stereocenters. The molecule has 1 fully saturated rings. The van der Waals surface area contributed by atoms with Gasteiger partial charge in [-0.15, -0.1) is 6.58 Å². The van der Waals surface area contributed by atoms with Crippen LogP contribution in [0.5, 0.6) is 0 Å². The summed E-state index contributed by atoms with van der Waals surface area (Å²) < 4.78 is 2.21. The molecule has 1 aromatic carbocycles. The highest BCUT2D eigenvalue weighted by Gasteiger charge is 2.33. The lowest BCUT2D eigenvalue weighted by molar-refractivity contribution is -0.132. The SMILES string of the molecule is C=CCN(Cc1cccn1Cc1ccccc1)C(=O)C1CC1. The fourth-order valence-corrected chi connectivity index (χ4v) is 2.70. The maximum absolute atomic E-state index is 12.4. The Bertz CT molecular complexity index is 640. The molecule has 1 heterocycles. The van der Waals surface area contributed by atoms with E-state index in [0.29, 0.717) is 13.1 Å². The summed E-state index contributed by atoms with van der Waals surface area (Å²) in [5.74, 6) is 0.518. The third-order valence-corrected chi connectivity index (χ3v) is 4.06. The standard InChI is InChI=1S/C19H22N2O/c1-2-12-21(19(22)17-10-11-17)15-18-9-6-13-20(18)14-16-7-4-3-5-8-16/h2-9,13,17H,1,10-12,14-15H2. The average Bonchev–Trinajstić information content (AvgIpc) is 3.30. The topological polar surface area (TPSA) is 25.2 Å². The normalized spacial score (nSPS) is 13.8. The van der Waals surface area contributed by atoms with E-state index in [1.807, 2.05) is 23.1 Å². The molecular formula is C19H22N2O. The van der Waals surface area contributed by atoms with Gasteiger partial charge in [0.1, 0.15) is 0 Å². The fraction of sp³-hybridized carbons (Fsp3) is 0.316. The molecule has 22 heavy (non-hydrogen) atoms. The fourth-order valence-electron chi connectivity index (χ4n) is 2.70. The molecule has 0 spiro atoms. The van der Waals surface area contributed by atoms with Crippen molar-refractivity contribution in [2.24, 2.45) is 5.92 Å². The quantitative estimate of drug-likeness (QED) is 0.718. The largest absolute Gasteiger partial charge is 0.345 e. The van der Waals surface area contributed by atoms with Gasteiger partial charge in [0.25, 0.3) is 0 Å². The summed E-state index contributed by atoms with van der Waals surface area (Å²) in [6, 6.07) is 14.5. The van der Waals surface area contributed by atoms with Crippen LogP contribution in [0, 0.1) is 5.92 Å². The Labute approximate surface area is 131 Å². The van der Waals surface area contributed by atoms with Gasteiger partial charge < -0.3 is 9.47 Å². The van der Waals surface area contributed by atoms with Gasteiger partial charge in [-0.3, -0.25) is 4.79 Å². The van der Waals surface area contributed by atoms with Crippen molar-refractivity contribution in [1.82, 2.24) is 9.47 Å². The van der Waals surface area contributed by atoms with E-state index in [4.69, 9.17) is 0 Å². The van der Waals surface area contributed by atoms with Gasteiger partial charge in [0, 0.05) is 30.9 Å². The van der Waals surface area contributed by atoms with Gasteiger partial charge in [0.2, 0.25) is 5.91 Å². The van der Waals surface area contributed by atoms with E-state index in [2.05, 4.69) is 47.7 Å². The molecule has 1 aliphatic rings. The smallest absolute Gasteiger partial charge is 0.226 e. The first kappa shape index (κ1) is 14.6. The minimum absolute atomic E-state index is 0.248. The van der Waals surface area contributed by atoms with E-state index < -0.39 is 0 Å². The van der Waals surface area contributed by atoms with Gasteiger partial charge in [0.15, 0.2) is 0 Å². The molecular weight excluding hydrogens is 272 g/mol. The summed E-state index contributed by atoms with van der Waals surface area (Å²) in [5, 5.41) is 0. The van der Waals surface area contributed by atoms with Crippen molar-refractivity contribution < 1.29 is 4.79 Å². The van der Waals surface area contributed by atoms with Crippen LogP contribution in [0.3, 0.4) is 0 Å². The van der Waals surface area contributed by atoms with E-state index in [0.717, 1.165) is 19.4 Å². The van der Waals surface area contributed by atoms with Crippen LogP contribution >= 0.6 is 0 Å². The summed E-state index contributed by atoms with van der Waals surface area (Å²) >= 11 is 0. The van der Waals surface area contributed by atoms with Crippen LogP contribution < -0.4 is 0 Å². The Morgan fingerprint density at radius 2 is 2.00 bits per heavy atom. The van der Waals surface area contributed by atoms with Crippen molar-refractivity contribution in [3.63, 3.8) is 0 Å². The van der Waals surface area contributed by atoms with Crippen LogP contribution in [-0.4, -0.2) is 21.9 Å². The molecule has 114 valence electrons. The molecule has 2 aromatic rings. The number of benzene rings is 1. The van der Waals surface area contributed by atoms with E-state index in [1.54, 1.807) is 0 Å². The lowest BCUT2D eigenvalue weighted by atomic mass is 10.2. The summed E-state index contributed by atoms with van der Waals surface area (Å²) in [7, 11) is 0. The van der Waals surface area contributed by atoms with Crippen molar-refractivity contribution in [2.75, 3.05) is 6.54 Å². The number of hydrogen-bond donors (Lipinski definition) is 0. The van der Waals surface area contributed by atoms with Crippen molar-refractivity contribution in [1.29, 1.82) is 0 Å². The zero-order valence-electron chi connectivity index (χ0n) is 12.8. The molecule has 0 radical (unpaired) electrons. The third kappa shape index (κ3) is 3.48. The third-order valence-electron chi connectivity index (χ3n) is 4.06. The highest BCUT2D eigenvalue weighted by molar-refractivity contribution is 5.81. The predicted octanol–water partition coefficient (Wildman–Crippen LogP) is 3.46. The van der Waals surface area contributed by atoms with E-state index in [1.165, 1.54) is 11.3 Å². The lowest BCUT2D eigenvalue weighted by Crippen LogP contribution is -2.32. The van der Waals surface area contributed by atoms with E-state index in [-0.39, 0.29) is 11.8 Å². The molecule has 1 aliphatic carbocycles. The monoisotopic (exact) mass is 294 g/mol. The summed E-state index contributed by atoms with van der Waals surface area (Å²) in [6.07, 6.45) is 5.97. The van der Waals surface area contributed by atoms with Gasteiger partial charge in [0.05, 0.1) is 6.54 Å². The van der Waals surface area contributed by atoms with Crippen molar-refractivity contribution in [2.45, 2.75) is 25.9 Å². The maximum atomic E-state index is 12.4. The van der Waals surface area contributed by atoms with Crippen molar-refractivity contribution in [3.8, 4) is 0 Å². The number of hydrogen-bond acceptors (Lipinski definition) is 1. The minimum atomic E-state index is 0.248. The lowest BCUT2D eigenvalue weighted by Gasteiger charge is -2.22. The summed E-state index contributed by atoms with van der Waals surface area (Å²) in [4.78, 5) is 14.3. The average molecular weight is 294 g/mol. The second kappa shape index (κ2) is 6.65. The van der Waals surface area contributed by atoms with Gasteiger partial charge in [-0.2, -0.15) is 0 Å². The van der Waals surface area contributed by atoms with Crippen LogP contribution in [-0.2, 0) is 17.9 Å². The zero-order valence-corrected chi connectivity index (χ0v) is 12.8. The predicted molar refractivity (Wildman–Crippen MR) is 88.3 cm³/mol. The van der Waals surface area contributed by atoms with Crippen LogP contribution in [0.1, 0.15) is 24.1 Å². The maximum Gasteiger partial charge on any atom is 0.226 e. The molecule has 0 bridgehead atoms. The van der Waals surface area contributed by atoms with Gasteiger partial charge in [-0.25, -0.2) is 0 Å². The number of rotatable bonds is 7. The van der Waals surface area contributed by atoms with E-state index >= 15 is 0 Å². The van der Waals surface area contributed by atoms with E-state index in [9.17, 15) is 4.79 Å². The minimum Gasteiger partial charge on any atom is -0.345 e. The van der Waals surface area contributed by atoms with Crippen LogP contribution in [0.4, 0.5) is 0 Å². The molecule has 1 amide bonds. The highest BCUT2D eigenvalue weighted by atomic mass is 16.2. The Kier molecular flexibility index (Phi) is 4.42. The molecule has 3 heteroatoms. The number of amides is 1. The summed E-state index contributed by atoms with van der Waals surface area (Å²) in [5.41, 5.74) is 2.43. The molecule has 1 aromatic heterocycles. The molecule has 0 saturated heterocycles. The van der Waals surface area contributed by atoms with Gasteiger partial charge in [-0.05, 0) is 30.5 Å². The number of aromatic nitrogens is 1. The van der Waals surface area contributed by atoms with Crippen LogP contribution in [0.2, 0.25) is 0 Å². The first-order valence-corrected chi connectivity index (χ1v) is 7.85. The van der Waals surface area contributed by atoms with Crippen LogP contribution in [0.25, 0.3) is 0 Å². The van der Waals surface area contributed by atoms with Gasteiger partial charge in [-0.1, -0.05) is 36.4 Å². The zero-order chi connectivity index (χ0) is 15.4. The van der Waals surface area contributed by atoms with Crippen molar-refractivity contribution in [3.05, 3.63) is 72.6 Å². The number of carbonyl (C=O) groups excluding carboxylic acids is 1. The number of carbonyl (C=O) groups is 1. The van der Waals surface area contributed by atoms with Gasteiger partial charge >= 0.3 is 0 Å². The first-order valence-electron chi connectivity index (χ1n) is 7.85. The Morgan fingerprint density at radius 3 is 2.68 bits per heavy atom. The second-order valence-corrected chi connectivity index (χ2v) is 5.89. The Balaban J connectivity index is 1.72. The first-order chi connectivity index (χ1) is 10.8. The second-order valence-electron chi connectivity index (χ2n) is 5.89. The molecule has 0 N–H and O–H groups in total. The molecule has 0 aliphatic heterocycles. The Hall–Kier alpha value is -2.29. The van der Waals surface area contributed by atoms with Crippen LogP contribution in [0.15, 0.2) is 61.3 Å². The molecule has 1 saturated carbocycles. The summed E-state index contributed by atoms with van der Waals surface area (Å²) in [6.45, 7) is 5.89.